The Hall–Kier alpha value is -2.94. The predicted molar refractivity (Wildman–Crippen MR) is 110 cm³/mol. The van der Waals surface area contributed by atoms with E-state index in [2.05, 4.69) is 10.3 Å². The van der Waals surface area contributed by atoms with Crippen LogP contribution in [-0.4, -0.2) is 37.9 Å². The van der Waals surface area contributed by atoms with Gasteiger partial charge in [-0.25, -0.2) is 9.18 Å². The standard InChI is InChI=1S/C20H26FN5O3/c1-13(2)29-10-6-9-22-19-23-17-16(18(27)25(4)20(28)24(17)3)26(19)12-14-7-5-8-15(21)11-14/h5,7-8,11,13H,6,9-10,12H2,1-4H3,(H,22,23). The van der Waals surface area contributed by atoms with Gasteiger partial charge in [-0.3, -0.25) is 18.5 Å². The molecular weight excluding hydrogens is 377 g/mol. The number of nitrogens with one attached hydrogen (secondary N) is 1. The summed E-state index contributed by atoms with van der Waals surface area (Å²) in [6, 6.07) is 6.18. The van der Waals surface area contributed by atoms with Gasteiger partial charge in [-0.2, -0.15) is 4.98 Å². The molecule has 9 heteroatoms. The van der Waals surface area contributed by atoms with E-state index in [0.29, 0.717) is 30.2 Å². The summed E-state index contributed by atoms with van der Waals surface area (Å²) in [7, 11) is 3.00. The van der Waals surface area contributed by atoms with Crippen LogP contribution < -0.4 is 16.6 Å². The summed E-state index contributed by atoms with van der Waals surface area (Å²) < 4.78 is 23.3. The van der Waals surface area contributed by atoms with E-state index < -0.39 is 11.2 Å². The van der Waals surface area contributed by atoms with Gasteiger partial charge in [0.05, 0.1) is 12.6 Å². The number of fused-ring (bicyclic) bond motifs is 1. The first kappa shape index (κ1) is 20.8. The summed E-state index contributed by atoms with van der Waals surface area (Å²) in [4.78, 5) is 29.6. The van der Waals surface area contributed by atoms with Crippen molar-refractivity contribution in [2.45, 2.75) is 32.9 Å². The second-order valence-corrected chi connectivity index (χ2v) is 7.23. The third-order valence-corrected chi connectivity index (χ3v) is 4.63. The summed E-state index contributed by atoms with van der Waals surface area (Å²) in [6.45, 7) is 5.36. The lowest BCUT2D eigenvalue weighted by atomic mass is 10.2. The van der Waals surface area contributed by atoms with Gasteiger partial charge in [-0.1, -0.05) is 12.1 Å². The number of benzene rings is 1. The van der Waals surface area contributed by atoms with Gasteiger partial charge in [-0.05, 0) is 38.0 Å². The Bertz CT molecular complexity index is 1130. The molecule has 0 aliphatic heterocycles. The molecule has 0 aliphatic rings. The summed E-state index contributed by atoms with van der Waals surface area (Å²) in [5, 5.41) is 3.22. The summed E-state index contributed by atoms with van der Waals surface area (Å²) >= 11 is 0. The highest BCUT2D eigenvalue weighted by Gasteiger charge is 2.19. The molecule has 3 rings (SSSR count). The van der Waals surface area contributed by atoms with Gasteiger partial charge in [0.2, 0.25) is 5.95 Å². The van der Waals surface area contributed by atoms with Crippen LogP contribution in [0.15, 0.2) is 33.9 Å². The third kappa shape index (κ3) is 4.40. The average molecular weight is 403 g/mol. The molecule has 8 nitrogen and oxygen atoms in total. The van der Waals surface area contributed by atoms with Crippen molar-refractivity contribution in [3.05, 3.63) is 56.5 Å². The molecule has 0 amide bonds. The molecule has 0 atom stereocenters. The average Bonchev–Trinajstić information content (AvgIpc) is 3.02. The fourth-order valence-electron chi connectivity index (χ4n) is 3.14. The number of ether oxygens (including phenoxy) is 1. The maximum atomic E-state index is 13.7. The predicted octanol–water partition coefficient (Wildman–Crippen LogP) is 1.85. The minimum Gasteiger partial charge on any atom is -0.379 e. The zero-order chi connectivity index (χ0) is 21.1. The van der Waals surface area contributed by atoms with Crippen molar-refractivity contribution in [3.8, 4) is 0 Å². The minimum atomic E-state index is -0.449. The van der Waals surface area contributed by atoms with Crippen LogP contribution in [0.25, 0.3) is 11.2 Å². The highest BCUT2D eigenvalue weighted by atomic mass is 19.1. The number of nitrogens with zero attached hydrogens (tertiary/aromatic N) is 4. The SMILES string of the molecule is CC(C)OCCCNc1nc2c(c(=O)n(C)c(=O)n2C)n1Cc1cccc(F)c1. The number of aryl methyl sites for hydroxylation is 1. The second kappa shape index (κ2) is 8.60. The van der Waals surface area contributed by atoms with E-state index in [9.17, 15) is 14.0 Å². The molecule has 156 valence electrons. The topological polar surface area (TPSA) is 83.1 Å². The number of halogens is 1. The van der Waals surface area contributed by atoms with Gasteiger partial charge < -0.3 is 10.1 Å². The first-order valence-electron chi connectivity index (χ1n) is 9.55. The van der Waals surface area contributed by atoms with Gasteiger partial charge in [0.15, 0.2) is 11.2 Å². The largest absolute Gasteiger partial charge is 0.379 e. The molecule has 29 heavy (non-hydrogen) atoms. The minimum absolute atomic E-state index is 0.157. The van der Waals surface area contributed by atoms with Crippen LogP contribution in [0.1, 0.15) is 25.8 Å². The number of aromatic nitrogens is 4. The normalized spacial score (nSPS) is 11.5. The van der Waals surface area contributed by atoms with Crippen LogP contribution in [0.5, 0.6) is 0 Å². The Labute approximate surface area is 167 Å². The van der Waals surface area contributed by atoms with E-state index in [1.165, 1.54) is 23.7 Å². The lowest BCUT2D eigenvalue weighted by molar-refractivity contribution is 0.0787. The van der Waals surface area contributed by atoms with E-state index in [-0.39, 0.29) is 24.1 Å². The van der Waals surface area contributed by atoms with Crippen LogP contribution in [0.4, 0.5) is 10.3 Å². The van der Waals surface area contributed by atoms with Crippen molar-refractivity contribution in [1.29, 1.82) is 0 Å². The Morgan fingerprint density at radius 2 is 1.97 bits per heavy atom. The molecule has 2 heterocycles. The molecule has 3 aromatic rings. The van der Waals surface area contributed by atoms with Crippen LogP contribution in [0.2, 0.25) is 0 Å². The lowest BCUT2D eigenvalue weighted by Gasteiger charge is -2.12. The Kier molecular flexibility index (Phi) is 6.17. The smallest absolute Gasteiger partial charge is 0.332 e. The fraction of sp³-hybridized carbons (Fsp3) is 0.450. The third-order valence-electron chi connectivity index (χ3n) is 4.63. The molecule has 0 spiro atoms. The molecule has 0 unspecified atom stereocenters. The summed E-state index contributed by atoms with van der Waals surface area (Å²) in [6.07, 6.45) is 0.906. The molecule has 0 saturated heterocycles. The van der Waals surface area contributed by atoms with E-state index in [0.717, 1.165) is 11.0 Å². The number of rotatable bonds is 8. The number of anilines is 1. The van der Waals surface area contributed by atoms with Crippen molar-refractivity contribution in [1.82, 2.24) is 18.7 Å². The van der Waals surface area contributed by atoms with Crippen LogP contribution >= 0.6 is 0 Å². The van der Waals surface area contributed by atoms with Crippen molar-refractivity contribution >= 4 is 17.1 Å². The van der Waals surface area contributed by atoms with Gasteiger partial charge >= 0.3 is 5.69 Å². The van der Waals surface area contributed by atoms with E-state index in [4.69, 9.17) is 4.74 Å². The number of imidazole rings is 1. The van der Waals surface area contributed by atoms with Crippen molar-refractivity contribution in [2.75, 3.05) is 18.5 Å². The van der Waals surface area contributed by atoms with Gasteiger partial charge in [0.1, 0.15) is 5.82 Å². The first-order chi connectivity index (χ1) is 13.8. The Morgan fingerprint density at radius 3 is 2.66 bits per heavy atom. The van der Waals surface area contributed by atoms with E-state index >= 15 is 0 Å². The Morgan fingerprint density at radius 1 is 1.21 bits per heavy atom. The number of hydrogen-bond donors (Lipinski definition) is 1. The number of hydrogen-bond acceptors (Lipinski definition) is 5. The van der Waals surface area contributed by atoms with Crippen LogP contribution in [0, 0.1) is 5.82 Å². The maximum absolute atomic E-state index is 13.7. The molecule has 0 radical (unpaired) electrons. The van der Waals surface area contributed by atoms with Crippen molar-refractivity contribution < 1.29 is 9.13 Å². The van der Waals surface area contributed by atoms with Crippen molar-refractivity contribution in [2.24, 2.45) is 14.1 Å². The van der Waals surface area contributed by atoms with Crippen molar-refractivity contribution in [3.63, 3.8) is 0 Å². The lowest BCUT2D eigenvalue weighted by Crippen LogP contribution is -2.37. The van der Waals surface area contributed by atoms with Gasteiger partial charge in [0.25, 0.3) is 5.56 Å². The first-order valence-corrected chi connectivity index (χ1v) is 9.55. The quantitative estimate of drug-likeness (QED) is 0.581. The zero-order valence-electron chi connectivity index (χ0n) is 17.1. The molecular formula is C20H26FN5O3. The molecule has 1 aromatic carbocycles. The second-order valence-electron chi connectivity index (χ2n) is 7.23. The zero-order valence-corrected chi connectivity index (χ0v) is 17.1. The molecule has 0 saturated carbocycles. The van der Waals surface area contributed by atoms with Gasteiger partial charge in [-0.15, -0.1) is 0 Å². The summed E-state index contributed by atoms with van der Waals surface area (Å²) in [5.41, 5.74) is 0.375. The molecule has 2 aromatic heterocycles. The fourth-order valence-corrected chi connectivity index (χ4v) is 3.14. The van der Waals surface area contributed by atoms with E-state index in [1.807, 2.05) is 13.8 Å². The highest BCUT2D eigenvalue weighted by molar-refractivity contribution is 5.74. The molecule has 1 N–H and O–H groups in total. The van der Waals surface area contributed by atoms with E-state index in [1.54, 1.807) is 23.7 Å². The van der Waals surface area contributed by atoms with Crippen LogP contribution in [0.3, 0.4) is 0 Å². The summed E-state index contributed by atoms with van der Waals surface area (Å²) in [5.74, 6) is 0.0969. The molecule has 0 fully saturated rings. The molecule has 0 bridgehead atoms. The highest BCUT2D eigenvalue weighted by Crippen LogP contribution is 2.18. The van der Waals surface area contributed by atoms with Crippen LogP contribution in [-0.2, 0) is 25.4 Å². The van der Waals surface area contributed by atoms with Gasteiger partial charge in [0, 0.05) is 27.2 Å². The maximum Gasteiger partial charge on any atom is 0.332 e. The monoisotopic (exact) mass is 403 g/mol. The Balaban J connectivity index is 2.02. The molecule has 0 aliphatic carbocycles.